The van der Waals surface area contributed by atoms with E-state index in [0.717, 1.165) is 0 Å². The lowest BCUT2D eigenvalue weighted by Gasteiger charge is -2.20. The number of benzene rings is 1. The Morgan fingerprint density at radius 3 is 2.58 bits per heavy atom. The highest BCUT2D eigenvalue weighted by molar-refractivity contribution is 5.44. The summed E-state index contributed by atoms with van der Waals surface area (Å²) in [5, 5.41) is 9.73. The highest BCUT2D eigenvalue weighted by atomic mass is 19.4. The average Bonchev–Trinajstić information content (AvgIpc) is 2.36. The van der Waals surface area contributed by atoms with Gasteiger partial charge in [0.1, 0.15) is 25.9 Å². The molecule has 1 aliphatic rings. The molecule has 0 radical (unpaired) electrons. The quantitative estimate of drug-likeness (QED) is 0.916. The molecule has 1 heterocycles. The molecule has 0 amide bonds. The molecule has 1 atom stereocenters. The largest absolute Gasteiger partial charge is 0.486 e. The van der Waals surface area contributed by atoms with E-state index in [4.69, 9.17) is 9.47 Å². The second-order valence-electron chi connectivity index (χ2n) is 4.05. The van der Waals surface area contributed by atoms with Crippen molar-refractivity contribution in [1.29, 1.82) is 0 Å². The van der Waals surface area contributed by atoms with Crippen molar-refractivity contribution < 1.29 is 32.5 Å². The lowest BCUT2D eigenvalue weighted by Crippen LogP contribution is -2.20. The van der Waals surface area contributed by atoms with Crippen molar-refractivity contribution in [3.05, 3.63) is 23.8 Å². The van der Waals surface area contributed by atoms with Gasteiger partial charge in [-0.25, -0.2) is 0 Å². The minimum Gasteiger partial charge on any atom is -0.486 e. The maximum absolute atomic E-state index is 11.9. The summed E-state index contributed by atoms with van der Waals surface area (Å²) >= 11 is 0. The Bertz CT molecular complexity index is 433. The van der Waals surface area contributed by atoms with Gasteiger partial charge in [0, 0.05) is 0 Å². The van der Waals surface area contributed by atoms with Gasteiger partial charge in [0.15, 0.2) is 11.5 Å². The Kier molecular flexibility index (Phi) is 4.16. The molecule has 0 aliphatic carbocycles. The molecule has 1 N–H and O–H groups in total. The molecule has 0 spiro atoms. The number of hydrogen-bond acceptors (Lipinski definition) is 4. The molecule has 7 heteroatoms. The summed E-state index contributed by atoms with van der Waals surface area (Å²) in [6, 6.07) is 4.71. The summed E-state index contributed by atoms with van der Waals surface area (Å²) < 4.78 is 50.7. The SMILES string of the molecule is OC(COCC(F)(F)F)c1ccc2c(c1)OCCO2. The van der Waals surface area contributed by atoms with Gasteiger partial charge in [-0.05, 0) is 17.7 Å². The van der Waals surface area contributed by atoms with Gasteiger partial charge in [0.25, 0.3) is 0 Å². The first-order valence-electron chi connectivity index (χ1n) is 5.68. The molecule has 4 nitrogen and oxygen atoms in total. The van der Waals surface area contributed by atoms with Gasteiger partial charge in [-0.3, -0.25) is 0 Å². The summed E-state index contributed by atoms with van der Waals surface area (Å²) in [5.74, 6) is 1.03. The number of ether oxygens (including phenoxy) is 3. The molecule has 1 unspecified atom stereocenters. The number of hydrogen-bond donors (Lipinski definition) is 1. The van der Waals surface area contributed by atoms with Gasteiger partial charge in [0.2, 0.25) is 0 Å². The molecule has 106 valence electrons. The van der Waals surface area contributed by atoms with E-state index in [1.165, 1.54) is 6.07 Å². The Morgan fingerprint density at radius 2 is 1.89 bits per heavy atom. The predicted molar refractivity (Wildman–Crippen MR) is 59.3 cm³/mol. The zero-order chi connectivity index (χ0) is 13.9. The van der Waals surface area contributed by atoms with Gasteiger partial charge in [0.05, 0.1) is 6.61 Å². The number of aliphatic hydroxyl groups excluding tert-OH is 1. The molecule has 0 bridgehead atoms. The van der Waals surface area contributed by atoms with Crippen molar-refractivity contribution in [2.24, 2.45) is 0 Å². The second-order valence-corrected chi connectivity index (χ2v) is 4.05. The van der Waals surface area contributed by atoms with E-state index in [1.54, 1.807) is 12.1 Å². The van der Waals surface area contributed by atoms with Crippen LogP contribution in [0.4, 0.5) is 13.2 Å². The molecular formula is C12H13F3O4. The molecule has 0 saturated heterocycles. The number of fused-ring (bicyclic) bond motifs is 1. The van der Waals surface area contributed by atoms with E-state index in [1.807, 2.05) is 0 Å². The molecular weight excluding hydrogens is 265 g/mol. The van der Waals surface area contributed by atoms with Crippen LogP contribution in [0.2, 0.25) is 0 Å². The van der Waals surface area contributed by atoms with E-state index < -0.39 is 25.5 Å². The van der Waals surface area contributed by atoms with Crippen LogP contribution in [0.25, 0.3) is 0 Å². The number of halogens is 3. The van der Waals surface area contributed by atoms with E-state index in [0.29, 0.717) is 30.3 Å². The smallest absolute Gasteiger partial charge is 0.411 e. The minimum absolute atomic E-state index is 0.400. The first-order valence-corrected chi connectivity index (χ1v) is 5.68. The fourth-order valence-electron chi connectivity index (χ4n) is 1.65. The van der Waals surface area contributed by atoms with Gasteiger partial charge in [-0.2, -0.15) is 13.2 Å². The highest BCUT2D eigenvalue weighted by Gasteiger charge is 2.28. The number of rotatable bonds is 4. The van der Waals surface area contributed by atoms with Crippen LogP contribution in [-0.2, 0) is 4.74 Å². The molecule has 0 aromatic heterocycles. The van der Waals surface area contributed by atoms with Crippen LogP contribution in [0.15, 0.2) is 18.2 Å². The lowest BCUT2D eigenvalue weighted by atomic mass is 10.1. The first kappa shape index (κ1) is 14.0. The zero-order valence-electron chi connectivity index (χ0n) is 9.94. The lowest BCUT2D eigenvalue weighted by molar-refractivity contribution is -0.179. The molecule has 19 heavy (non-hydrogen) atoms. The third-order valence-electron chi connectivity index (χ3n) is 2.49. The van der Waals surface area contributed by atoms with Crippen molar-refractivity contribution >= 4 is 0 Å². The zero-order valence-corrected chi connectivity index (χ0v) is 9.94. The standard InChI is InChI=1S/C12H13F3O4/c13-12(14,15)7-17-6-9(16)8-1-2-10-11(5-8)19-4-3-18-10/h1-2,5,9,16H,3-4,6-7H2. The molecule has 0 saturated carbocycles. The Morgan fingerprint density at radius 1 is 1.21 bits per heavy atom. The third-order valence-corrected chi connectivity index (χ3v) is 2.49. The van der Waals surface area contributed by atoms with Crippen LogP contribution >= 0.6 is 0 Å². The molecule has 1 aromatic carbocycles. The third kappa shape index (κ3) is 4.00. The van der Waals surface area contributed by atoms with E-state index in [-0.39, 0.29) is 0 Å². The molecule has 1 aromatic rings. The van der Waals surface area contributed by atoms with Crippen LogP contribution in [0.3, 0.4) is 0 Å². The van der Waals surface area contributed by atoms with E-state index >= 15 is 0 Å². The van der Waals surface area contributed by atoms with Crippen LogP contribution in [0.1, 0.15) is 11.7 Å². The summed E-state index contributed by atoms with van der Waals surface area (Å²) in [6.07, 6.45) is -5.54. The maximum atomic E-state index is 11.9. The first-order chi connectivity index (χ1) is 8.96. The van der Waals surface area contributed by atoms with Gasteiger partial charge >= 0.3 is 6.18 Å². The van der Waals surface area contributed by atoms with Crippen molar-refractivity contribution in [1.82, 2.24) is 0 Å². The van der Waals surface area contributed by atoms with Crippen LogP contribution in [0.5, 0.6) is 11.5 Å². The van der Waals surface area contributed by atoms with Crippen LogP contribution in [-0.4, -0.2) is 37.7 Å². The fraction of sp³-hybridized carbons (Fsp3) is 0.500. The topological polar surface area (TPSA) is 47.9 Å². The monoisotopic (exact) mass is 278 g/mol. The number of alkyl halides is 3. The van der Waals surface area contributed by atoms with Crippen LogP contribution < -0.4 is 9.47 Å². The minimum atomic E-state index is -4.40. The van der Waals surface area contributed by atoms with Gasteiger partial charge in [-0.1, -0.05) is 6.07 Å². The highest BCUT2D eigenvalue weighted by Crippen LogP contribution is 2.32. The maximum Gasteiger partial charge on any atom is 0.411 e. The molecule has 0 fully saturated rings. The van der Waals surface area contributed by atoms with Crippen molar-refractivity contribution in [2.45, 2.75) is 12.3 Å². The van der Waals surface area contributed by atoms with Crippen molar-refractivity contribution in [3.8, 4) is 11.5 Å². The average molecular weight is 278 g/mol. The van der Waals surface area contributed by atoms with Crippen LogP contribution in [0, 0.1) is 0 Å². The summed E-state index contributed by atoms with van der Waals surface area (Å²) in [5.41, 5.74) is 0.423. The summed E-state index contributed by atoms with van der Waals surface area (Å²) in [4.78, 5) is 0. The predicted octanol–water partition coefficient (Wildman–Crippen LogP) is 2.07. The summed E-state index contributed by atoms with van der Waals surface area (Å²) in [7, 11) is 0. The molecule has 1 aliphatic heterocycles. The molecule has 2 rings (SSSR count). The number of aliphatic hydroxyl groups is 1. The normalized spacial score (nSPS) is 16.2. The van der Waals surface area contributed by atoms with E-state index in [9.17, 15) is 18.3 Å². The van der Waals surface area contributed by atoms with Crippen molar-refractivity contribution in [3.63, 3.8) is 0 Å². The summed E-state index contributed by atoms with van der Waals surface area (Å²) in [6.45, 7) is -0.964. The fourth-order valence-corrected chi connectivity index (χ4v) is 1.65. The Labute approximate surface area is 107 Å². The van der Waals surface area contributed by atoms with Gasteiger partial charge in [-0.15, -0.1) is 0 Å². The Balaban J connectivity index is 1.94. The van der Waals surface area contributed by atoms with Gasteiger partial charge < -0.3 is 19.3 Å². The Hall–Kier alpha value is -1.47. The second kappa shape index (κ2) is 5.66. The van der Waals surface area contributed by atoms with E-state index in [2.05, 4.69) is 4.74 Å². The van der Waals surface area contributed by atoms with Crippen molar-refractivity contribution in [2.75, 3.05) is 26.4 Å².